The molecule has 0 aliphatic heterocycles. The Hall–Kier alpha value is -3.42. The molecule has 4 N–H and O–H groups in total. The van der Waals surface area contributed by atoms with Gasteiger partial charge in [0.15, 0.2) is 0 Å². The van der Waals surface area contributed by atoms with Crippen LogP contribution in [0.1, 0.15) is 15.9 Å². The van der Waals surface area contributed by atoms with Crippen LogP contribution in [0.3, 0.4) is 0 Å². The zero-order valence-corrected chi connectivity index (χ0v) is 12.9. The van der Waals surface area contributed by atoms with E-state index in [-0.39, 0.29) is 50.4 Å². The van der Waals surface area contributed by atoms with Crippen molar-refractivity contribution >= 4 is 34.2 Å². The molecule has 0 spiro atoms. The number of aromatic nitrogens is 2. The Bertz CT molecular complexity index is 1010. The number of hydrogen-bond acceptors (Lipinski definition) is 7. The molecule has 0 saturated carbocycles. The number of amides is 1. The van der Waals surface area contributed by atoms with Crippen molar-refractivity contribution in [2.45, 2.75) is 0 Å². The fourth-order valence-electron chi connectivity index (χ4n) is 2.46. The van der Waals surface area contributed by atoms with Gasteiger partial charge in [-0.2, -0.15) is 0 Å². The van der Waals surface area contributed by atoms with Gasteiger partial charge in [-0.1, -0.05) is 0 Å². The van der Waals surface area contributed by atoms with Crippen molar-refractivity contribution in [1.82, 2.24) is 15.3 Å². The van der Waals surface area contributed by atoms with Crippen molar-refractivity contribution in [3.05, 3.63) is 29.3 Å². The number of hydrogen-bond donors (Lipinski definition) is 4. The maximum atomic E-state index is 12.0. The topological polar surface area (TPSA) is 128 Å². The summed E-state index contributed by atoms with van der Waals surface area (Å²) >= 11 is 0. The van der Waals surface area contributed by atoms with Crippen molar-refractivity contribution in [2.24, 2.45) is 4.99 Å². The SMILES string of the molecule is C/N=C\c1c(O)cc(O)c2nc3c(C(=O)NC)ccc(O)c3nc12. The third kappa shape index (κ3) is 2.24. The zero-order chi connectivity index (χ0) is 17.4. The lowest BCUT2D eigenvalue weighted by atomic mass is 10.1. The molecule has 0 aliphatic rings. The molecule has 0 fully saturated rings. The second-order valence-electron chi connectivity index (χ2n) is 5.05. The number of fused-ring (bicyclic) bond motifs is 2. The average Bonchev–Trinajstić information content (AvgIpc) is 2.57. The number of carbonyl (C=O) groups is 1. The van der Waals surface area contributed by atoms with E-state index in [1.165, 1.54) is 32.4 Å². The van der Waals surface area contributed by atoms with Crippen LogP contribution in [0.2, 0.25) is 0 Å². The zero-order valence-electron chi connectivity index (χ0n) is 12.9. The lowest BCUT2D eigenvalue weighted by Crippen LogP contribution is -2.18. The molecule has 0 bridgehead atoms. The normalized spacial score (nSPS) is 11.4. The number of carbonyl (C=O) groups excluding carboxylic acids is 1. The Morgan fingerprint density at radius 2 is 1.71 bits per heavy atom. The molecule has 1 aromatic heterocycles. The highest BCUT2D eigenvalue weighted by Gasteiger charge is 2.19. The van der Waals surface area contributed by atoms with Crippen LogP contribution in [0, 0.1) is 0 Å². The van der Waals surface area contributed by atoms with Crippen LogP contribution in [-0.4, -0.2) is 51.5 Å². The quantitative estimate of drug-likeness (QED) is 0.415. The molecule has 3 rings (SSSR count). The van der Waals surface area contributed by atoms with Gasteiger partial charge in [-0.25, -0.2) is 9.97 Å². The molecule has 0 radical (unpaired) electrons. The summed E-state index contributed by atoms with van der Waals surface area (Å²) in [6.45, 7) is 0. The molecule has 0 saturated heterocycles. The maximum Gasteiger partial charge on any atom is 0.253 e. The highest BCUT2D eigenvalue weighted by molar-refractivity contribution is 6.09. The third-order valence-electron chi connectivity index (χ3n) is 3.58. The van der Waals surface area contributed by atoms with Gasteiger partial charge >= 0.3 is 0 Å². The summed E-state index contributed by atoms with van der Waals surface area (Å²) in [7, 11) is 2.99. The smallest absolute Gasteiger partial charge is 0.253 e. The number of benzene rings is 2. The van der Waals surface area contributed by atoms with E-state index in [0.29, 0.717) is 0 Å². The molecule has 3 aromatic rings. The Labute approximate surface area is 136 Å². The van der Waals surface area contributed by atoms with Gasteiger partial charge < -0.3 is 20.6 Å². The van der Waals surface area contributed by atoms with Crippen LogP contribution in [0.5, 0.6) is 17.2 Å². The molecule has 2 aromatic carbocycles. The molecular weight excluding hydrogens is 312 g/mol. The monoisotopic (exact) mass is 326 g/mol. The first kappa shape index (κ1) is 15.5. The van der Waals surface area contributed by atoms with Crippen LogP contribution >= 0.6 is 0 Å². The predicted molar refractivity (Wildman–Crippen MR) is 88.9 cm³/mol. The predicted octanol–water partition coefficient (Wildman–Crippen LogP) is 1.31. The molecule has 24 heavy (non-hydrogen) atoms. The maximum absolute atomic E-state index is 12.0. The summed E-state index contributed by atoms with van der Waals surface area (Å²) in [6.07, 6.45) is 1.37. The Morgan fingerprint density at radius 3 is 2.38 bits per heavy atom. The van der Waals surface area contributed by atoms with Crippen LogP contribution in [0.15, 0.2) is 23.2 Å². The van der Waals surface area contributed by atoms with Gasteiger partial charge in [-0.05, 0) is 12.1 Å². The summed E-state index contributed by atoms with van der Waals surface area (Å²) in [5.74, 6) is -1.09. The molecule has 0 atom stereocenters. The van der Waals surface area contributed by atoms with Gasteiger partial charge in [-0.15, -0.1) is 0 Å². The van der Waals surface area contributed by atoms with Crippen molar-refractivity contribution in [2.75, 3.05) is 14.1 Å². The number of aromatic hydroxyl groups is 3. The average molecular weight is 326 g/mol. The number of rotatable bonds is 2. The fourth-order valence-corrected chi connectivity index (χ4v) is 2.46. The molecule has 1 amide bonds. The minimum absolute atomic E-state index is 0.0827. The number of aliphatic imine (C=N–C) groups is 1. The highest BCUT2D eigenvalue weighted by atomic mass is 16.3. The molecule has 8 heteroatoms. The number of phenols is 3. The summed E-state index contributed by atoms with van der Waals surface area (Å²) in [6, 6.07) is 3.88. The minimum atomic E-state index is -0.401. The fraction of sp³-hybridized carbons (Fsp3) is 0.125. The Kier molecular flexibility index (Phi) is 3.64. The first-order chi connectivity index (χ1) is 11.5. The third-order valence-corrected chi connectivity index (χ3v) is 3.58. The lowest BCUT2D eigenvalue weighted by molar-refractivity contribution is 0.0964. The van der Waals surface area contributed by atoms with Gasteiger partial charge in [0.25, 0.3) is 5.91 Å². The minimum Gasteiger partial charge on any atom is -0.507 e. The van der Waals surface area contributed by atoms with E-state index >= 15 is 0 Å². The van der Waals surface area contributed by atoms with Crippen LogP contribution < -0.4 is 5.32 Å². The van der Waals surface area contributed by atoms with E-state index in [1.54, 1.807) is 0 Å². The summed E-state index contributed by atoms with van der Waals surface area (Å²) < 4.78 is 0. The van der Waals surface area contributed by atoms with E-state index in [0.717, 1.165) is 6.07 Å². The second kappa shape index (κ2) is 5.65. The highest BCUT2D eigenvalue weighted by Crippen LogP contribution is 2.35. The molecule has 1 heterocycles. The number of phenolic OH excluding ortho intramolecular Hbond substituents is 3. The van der Waals surface area contributed by atoms with E-state index < -0.39 is 5.91 Å². The lowest BCUT2D eigenvalue weighted by Gasteiger charge is -2.10. The van der Waals surface area contributed by atoms with Gasteiger partial charge in [-0.3, -0.25) is 9.79 Å². The molecular formula is C16H14N4O4. The van der Waals surface area contributed by atoms with Crippen LogP contribution in [0.4, 0.5) is 0 Å². The van der Waals surface area contributed by atoms with Crippen molar-refractivity contribution in [3.63, 3.8) is 0 Å². The summed E-state index contributed by atoms with van der Waals surface area (Å²) in [5, 5.41) is 32.6. The van der Waals surface area contributed by atoms with E-state index in [2.05, 4.69) is 20.3 Å². The molecule has 0 aliphatic carbocycles. The number of nitrogens with one attached hydrogen (secondary N) is 1. The molecule has 0 unspecified atom stereocenters. The van der Waals surface area contributed by atoms with Crippen molar-refractivity contribution in [3.8, 4) is 17.2 Å². The van der Waals surface area contributed by atoms with Crippen molar-refractivity contribution in [1.29, 1.82) is 0 Å². The largest absolute Gasteiger partial charge is 0.507 e. The van der Waals surface area contributed by atoms with Gasteiger partial charge in [0.2, 0.25) is 0 Å². The van der Waals surface area contributed by atoms with E-state index in [4.69, 9.17) is 0 Å². The van der Waals surface area contributed by atoms with Crippen LogP contribution in [0.25, 0.3) is 22.1 Å². The molecule has 8 nitrogen and oxygen atoms in total. The van der Waals surface area contributed by atoms with Gasteiger partial charge in [0.1, 0.15) is 39.3 Å². The molecule has 122 valence electrons. The van der Waals surface area contributed by atoms with Crippen molar-refractivity contribution < 1.29 is 20.1 Å². The van der Waals surface area contributed by atoms with Crippen LogP contribution in [-0.2, 0) is 0 Å². The standard InChI is InChI=1S/C16H14N4O4/c1-17-6-8-10(22)5-11(23)15-13(8)20-14-9(21)4-3-7(12(14)19-15)16(24)18-2/h3-6,21-23H,1-2H3,(H,18,24)/b17-6-. The number of nitrogens with zero attached hydrogens (tertiary/aromatic N) is 3. The second-order valence-corrected chi connectivity index (χ2v) is 5.05. The Balaban J connectivity index is 2.52. The van der Waals surface area contributed by atoms with E-state index in [1.807, 2.05) is 0 Å². The van der Waals surface area contributed by atoms with E-state index in [9.17, 15) is 20.1 Å². The first-order valence-electron chi connectivity index (χ1n) is 7.00. The first-order valence-corrected chi connectivity index (χ1v) is 7.00. The Morgan fingerprint density at radius 1 is 1.04 bits per heavy atom. The van der Waals surface area contributed by atoms with Gasteiger partial charge in [0, 0.05) is 26.4 Å². The summed E-state index contributed by atoms with van der Waals surface area (Å²) in [5.41, 5.74) is 0.935. The summed E-state index contributed by atoms with van der Waals surface area (Å²) in [4.78, 5) is 24.4. The van der Waals surface area contributed by atoms with Gasteiger partial charge in [0.05, 0.1) is 11.1 Å².